The third-order valence-corrected chi connectivity index (χ3v) is 9.95. The monoisotopic (exact) mass is 590 g/mol. The van der Waals surface area contributed by atoms with Crippen molar-refractivity contribution in [3.63, 3.8) is 0 Å². The SMILES string of the molecule is COc1cc(-c2ccc(C3CCc4ccc([C@H](C5CC5)[C@H](C)C(=O)[O-])cc4O3)cc2CN2[C@H](C)CCC[C@@H]2C)ccn1.[Na+]. The van der Waals surface area contributed by atoms with E-state index < -0.39 is 11.9 Å². The summed E-state index contributed by atoms with van der Waals surface area (Å²) in [7, 11) is 1.66. The van der Waals surface area contributed by atoms with Crippen LogP contribution in [0.15, 0.2) is 54.7 Å². The third-order valence-electron chi connectivity index (χ3n) is 9.95. The number of fused-ring (bicyclic) bond motifs is 1. The zero-order valence-electron chi connectivity index (χ0n) is 26.3. The number of carbonyl (C=O) groups excluding carboxylic acids is 1. The second-order valence-electron chi connectivity index (χ2n) is 12.8. The summed E-state index contributed by atoms with van der Waals surface area (Å²) in [6, 6.07) is 18.3. The van der Waals surface area contributed by atoms with Crippen molar-refractivity contribution in [3.8, 4) is 22.8 Å². The predicted molar refractivity (Wildman–Crippen MR) is 162 cm³/mol. The fourth-order valence-corrected chi connectivity index (χ4v) is 7.30. The fourth-order valence-electron chi connectivity index (χ4n) is 7.30. The zero-order valence-corrected chi connectivity index (χ0v) is 28.3. The van der Waals surface area contributed by atoms with E-state index >= 15 is 0 Å². The van der Waals surface area contributed by atoms with Gasteiger partial charge in [-0.3, -0.25) is 4.90 Å². The van der Waals surface area contributed by atoms with Crippen molar-refractivity contribution in [3.05, 3.63) is 77.0 Å². The van der Waals surface area contributed by atoms with Crippen LogP contribution in [0.1, 0.15) is 93.6 Å². The Morgan fingerprint density at radius 2 is 1.81 bits per heavy atom. The minimum Gasteiger partial charge on any atom is -0.550 e. The summed E-state index contributed by atoms with van der Waals surface area (Å²) in [5.41, 5.74) is 7.04. The molecule has 6 rings (SSSR count). The Morgan fingerprint density at radius 1 is 1.05 bits per heavy atom. The number of benzene rings is 2. The maximum atomic E-state index is 11.8. The number of nitrogens with zero attached hydrogens (tertiary/aromatic N) is 2. The summed E-state index contributed by atoms with van der Waals surface area (Å²) in [5, 5.41) is 11.8. The quantitative estimate of drug-likeness (QED) is 0.356. The molecule has 3 aromatic rings. The van der Waals surface area contributed by atoms with Gasteiger partial charge in [-0.2, -0.15) is 0 Å². The Labute approximate surface area is 278 Å². The normalized spacial score (nSPS) is 23.3. The van der Waals surface area contributed by atoms with Crippen LogP contribution in [0.2, 0.25) is 0 Å². The second-order valence-corrected chi connectivity index (χ2v) is 12.8. The van der Waals surface area contributed by atoms with Gasteiger partial charge >= 0.3 is 29.6 Å². The van der Waals surface area contributed by atoms with Gasteiger partial charge in [0, 0.05) is 42.8 Å². The van der Waals surface area contributed by atoms with Gasteiger partial charge in [-0.25, -0.2) is 4.98 Å². The van der Waals surface area contributed by atoms with Gasteiger partial charge in [0.2, 0.25) is 5.88 Å². The predicted octanol–water partition coefficient (Wildman–Crippen LogP) is 3.47. The number of pyridine rings is 1. The maximum Gasteiger partial charge on any atom is 1.00 e. The number of aromatic nitrogens is 1. The van der Waals surface area contributed by atoms with Gasteiger partial charge in [0.15, 0.2) is 0 Å². The van der Waals surface area contributed by atoms with E-state index in [9.17, 15) is 9.90 Å². The van der Waals surface area contributed by atoms with Crippen LogP contribution < -0.4 is 44.1 Å². The number of ether oxygens (including phenoxy) is 2. The summed E-state index contributed by atoms with van der Waals surface area (Å²) in [6.07, 6.45) is 9.50. The molecule has 222 valence electrons. The van der Waals surface area contributed by atoms with E-state index in [2.05, 4.69) is 66.2 Å². The molecule has 3 heterocycles. The summed E-state index contributed by atoms with van der Waals surface area (Å²) in [5.74, 6) is 0.403. The minimum absolute atomic E-state index is 0. The number of hydrogen-bond donors (Lipinski definition) is 0. The van der Waals surface area contributed by atoms with Crippen molar-refractivity contribution in [1.29, 1.82) is 0 Å². The van der Waals surface area contributed by atoms with E-state index in [4.69, 9.17) is 9.47 Å². The van der Waals surface area contributed by atoms with Crippen molar-refractivity contribution in [2.75, 3.05) is 7.11 Å². The first-order valence-electron chi connectivity index (χ1n) is 15.7. The van der Waals surface area contributed by atoms with E-state index in [1.807, 2.05) is 12.3 Å². The molecule has 0 spiro atoms. The summed E-state index contributed by atoms with van der Waals surface area (Å²) in [6.45, 7) is 7.37. The number of piperidine rings is 1. The molecule has 0 bridgehead atoms. The second kappa shape index (κ2) is 13.7. The number of aliphatic carboxylic acids is 1. The molecule has 1 saturated heterocycles. The van der Waals surface area contributed by atoms with Crippen LogP contribution in [0.5, 0.6) is 11.6 Å². The van der Waals surface area contributed by atoms with Crippen LogP contribution >= 0.6 is 0 Å². The molecule has 1 unspecified atom stereocenters. The summed E-state index contributed by atoms with van der Waals surface area (Å²) >= 11 is 0. The molecule has 5 atom stereocenters. The van der Waals surface area contributed by atoms with Gasteiger partial charge in [-0.15, -0.1) is 0 Å². The molecule has 2 fully saturated rings. The fraction of sp³-hybridized carbons (Fsp3) is 0.500. The van der Waals surface area contributed by atoms with Crippen molar-refractivity contribution in [1.82, 2.24) is 9.88 Å². The molecule has 0 amide bonds. The molecule has 0 N–H and O–H groups in total. The van der Waals surface area contributed by atoms with Gasteiger partial charge in [0.1, 0.15) is 11.9 Å². The smallest absolute Gasteiger partial charge is 0.550 e. The summed E-state index contributed by atoms with van der Waals surface area (Å²) < 4.78 is 12.2. The number of rotatable bonds is 9. The number of carboxylic acids is 1. The standard InChI is InChI=1S/C36H44N2O4.Na/c1-22-6-5-7-23(2)38(22)21-30-18-28(12-14-31(30)27-16-17-37-34(20-27)41-4)32-15-13-25-8-11-29(19-33(25)42-32)35(26-9-10-26)24(3)36(39)40;/h8,11-12,14,16-20,22-24,26,32,35H,5-7,9-10,13,15,21H2,1-4H3,(H,39,40);/q;+1/p-1/t22-,23+,24-,32?,35-;/m0./s1. The average Bonchev–Trinajstić information content (AvgIpc) is 3.84. The van der Waals surface area contributed by atoms with Gasteiger partial charge in [-0.1, -0.05) is 43.7 Å². The Bertz CT molecular complexity index is 1430. The van der Waals surface area contributed by atoms with Crippen molar-refractivity contribution in [2.24, 2.45) is 11.8 Å². The summed E-state index contributed by atoms with van der Waals surface area (Å²) in [4.78, 5) is 18.8. The van der Waals surface area contributed by atoms with Gasteiger partial charge in [-0.05, 0) is 110 Å². The molecule has 2 aromatic carbocycles. The topological polar surface area (TPSA) is 74.7 Å². The molecule has 7 heteroatoms. The molecular formula is C36H43N2NaO4. The molecule has 3 aliphatic rings. The minimum atomic E-state index is -0.972. The Hall–Kier alpha value is -2.38. The number of hydrogen-bond acceptors (Lipinski definition) is 6. The van der Waals surface area contributed by atoms with Gasteiger partial charge in [0.25, 0.3) is 0 Å². The molecule has 1 aliphatic carbocycles. The van der Waals surface area contributed by atoms with Crippen LogP contribution in [0.3, 0.4) is 0 Å². The van der Waals surface area contributed by atoms with Crippen LogP contribution in [0, 0.1) is 11.8 Å². The van der Waals surface area contributed by atoms with Gasteiger partial charge in [0.05, 0.1) is 7.11 Å². The Morgan fingerprint density at radius 3 is 2.51 bits per heavy atom. The van der Waals surface area contributed by atoms with Crippen molar-refractivity contribution in [2.45, 2.75) is 96.4 Å². The average molecular weight is 591 g/mol. The number of methoxy groups -OCH3 is 1. The van der Waals surface area contributed by atoms with E-state index in [0.29, 0.717) is 23.9 Å². The first kappa shape index (κ1) is 32.0. The largest absolute Gasteiger partial charge is 1.00 e. The third kappa shape index (κ3) is 6.98. The molecule has 43 heavy (non-hydrogen) atoms. The number of carboxylic acid groups (broad SMARTS) is 1. The first-order chi connectivity index (χ1) is 20.3. The molecule has 0 radical (unpaired) electrons. The van der Waals surface area contributed by atoms with Crippen molar-refractivity contribution >= 4 is 5.97 Å². The van der Waals surface area contributed by atoms with E-state index in [1.165, 1.54) is 41.5 Å². The molecule has 1 aromatic heterocycles. The van der Waals surface area contributed by atoms with Gasteiger partial charge < -0.3 is 19.4 Å². The van der Waals surface area contributed by atoms with Crippen LogP contribution in [0.25, 0.3) is 11.1 Å². The Kier molecular flexibility index (Phi) is 10.2. The van der Waals surface area contributed by atoms with Crippen LogP contribution in [-0.2, 0) is 17.8 Å². The first-order valence-corrected chi connectivity index (χ1v) is 15.7. The van der Waals surface area contributed by atoms with Crippen molar-refractivity contribution < 1.29 is 48.9 Å². The van der Waals surface area contributed by atoms with E-state index in [0.717, 1.165) is 49.1 Å². The molecule has 2 aliphatic heterocycles. The molecule has 6 nitrogen and oxygen atoms in total. The van der Waals surface area contributed by atoms with Crippen LogP contribution in [0.4, 0.5) is 0 Å². The number of aryl methyl sites for hydroxylation is 1. The number of carbonyl (C=O) groups is 1. The van der Waals surface area contributed by atoms with E-state index in [-0.39, 0.29) is 41.6 Å². The van der Waals surface area contributed by atoms with E-state index in [1.54, 1.807) is 14.0 Å². The molecule has 1 saturated carbocycles. The zero-order chi connectivity index (χ0) is 29.4. The molecular weight excluding hydrogens is 547 g/mol. The van der Waals surface area contributed by atoms with Crippen LogP contribution in [-0.4, -0.2) is 35.0 Å². The number of likely N-dealkylation sites (tertiary alicyclic amines) is 1. The maximum absolute atomic E-state index is 11.8. The Balaban J connectivity index is 0.00000368.